The Hall–Kier alpha value is -2.63. The van der Waals surface area contributed by atoms with E-state index in [1.54, 1.807) is 22.7 Å². The normalized spacial score (nSPS) is 13.8. The summed E-state index contributed by atoms with van der Waals surface area (Å²) in [7, 11) is 1.74. The monoisotopic (exact) mass is 312 g/mol. The van der Waals surface area contributed by atoms with E-state index in [1.807, 2.05) is 18.2 Å². The molecule has 2 heterocycles. The number of nitrogens with zero attached hydrogens (tertiary/aromatic N) is 3. The number of aryl methyl sites for hydroxylation is 1. The van der Waals surface area contributed by atoms with Gasteiger partial charge in [-0.05, 0) is 18.4 Å². The largest absolute Gasteiger partial charge is 0.351 e. The zero-order valence-electron chi connectivity index (χ0n) is 13.2. The number of fused-ring (bicyclic) bond motifs is 1. The lowest BCUT2D eigenvalue weighted by atomic mass is 10.1. The predicted octanol–water partition coefficient (Wildman–Crippen LogP) is 1.33. The van der Waals surface area contributed by atoms with Gasteiger partial charge in [0.15, 0.2) is 5.82 Å². The van der Waals surface area contributed by atoms with Crippen molar-refractivity contribution in [2.24, 2.45) is 0 Å². The van der Waals surface area contributed by atoms with Crippen LogP contribution >= 0.6 is 0 Å². The first-order valence-corrected chi connectivity index (χ1v) is 7.80. The SMILES string of the molecule is CN1CCn2cc(C(=O)NCCCc3ccccc3)nc2C1=O. The molecular formula is C17H20N4O2. The number of likely N-dealkylation sites (N-methyl/N-ethyl adjacent to an activating group) is 1. The van der Waals surface area contributed by atoms with Crippen LogP contribution < -0.4 is 5.32 Å². The highest BCUT2D eigenvalue weighted by molar-refractivity contribution is 5.96. The third-order valence-corrected chi connectivity index (χ3v) is 3.99. The molecule has 6 nitrogen and oxygen atoms in total. The molecule has 0 bridgehead atoms. The van der Waals surface area contributed by atoms with Crippen molar-refractivity contribution in [3.63, 3.8) is 0 Å². The highest BCUT2D eigenvalue weighted by Crippen LogP contribution is 2.11. The Morgan fingerprint density at radius 1 is 1.26 bits per heavy atom. The smallest absolute Gasteiger partial charge is 0.289 e. The topological polar surface area (TPSA) is 67.2 Å². The summed E-state index contributed by atoms with van der Waals surface area (Å²) in [5, 5.41) is 2.86. The molecule has 1 aromatic carbocycles. The van der Waals surface area contributed by atoms with Crippen LogP contribution in [0, 0.1) is 0 Å². The van der Waals surface area contributed by atoms with Gasteiger partial charge in [-0.15, -0.1) is 0 Å². The van der Waals surface area contributed by atoms with Crippen LogP contribution in [0.25, 0.3) is 0 Å². The lowest BCUT2D eigenvalue weighted by Gasteiger charge is -2.22. The standard InChI is InChI=1S/C17H20N4O2/c1-20-10-11-21-12-14(19-15(21)17(20)23)16(22)18-9-5-8-13-6-3-2-4-7-13/h2-4,6-7,12H,5,8-11H2,1H3,(H,18,22). The van der Waals surface area contributed by atoms with Gasteiger partial charge >= 0.3 is 0 Å². The average Bonchev–Trinajstić information content (AvgIpc) is 3.01. The Labute approximate surface area is 135 Å². The van der Waals surface area contributed by atoms with Gasteiger partial charge in [-0.25, -0.2) is 4.98 Å². The fourth-order valence-electron chi connectivity index (χ4n) is 2.63. The van der Waals surface area contributed by atoms with Crippen molar-refractivity contribution in [2.75, 3.05) is 20.1 Å². The third-order valence-electron chi connectivity index (χ3n) is 3.99. The summed E-state index contributed by atoms with van der Waals surface area (Å²) in [4.78, 5) is 29.9. The first-order chi connectivity index (χ1) is 11.1. The molecule has 1 N–H and O–H groups in total. The number of nitrogens with one attached hydrogen (secondary N) is 1. The average molecular weight is 312 g/mol. The molecule has 1 aliphatic rings. The van der Waals surface area contributed by atoms with Crippen LogP contribution in [0.15, 0.2) is 36.5 Å². The molecule has 0 aliphatic carbocycles. The minimum absolute atomic E-state index is 0.139. The van der Waals surface area contributed by atoms with Crippen molar-refractivity contribution in [1.29, 1.82) is 0 Å². The van der Waals surface area contributed by atoms with E-state index in [9.17, 15) is 9.59 Å². The fourth-order valence-corrected chi connectivity index (χ4v) is 2.63. The van der Waals surface area contributed by atoms with Crippen molar-refractivity contribution in [1.82, 2.24) is 19.8 Å². The number of carbonyl (C=O) groups excluding carboxylic acids is 2. The van der Waals surface area contributed by atoms with E-state index in [1.165, 1.54) is 5.56 Å². The number of hydrogen-bond acceptors (Lipinski definition) is 3. The lowest BCUT2D eigenvalue weighted by molar-refractivity contribution is 0.0741. The second-order valence-corrected chi connectivity index (χ2v) is 5.71. The van der Waals surface area contributed by atoms with Gasteiger partial charge in [0.05, 0.1) is 0 Å². The molecule has 0 saturated heterocycles. The summed E-state index contributed by atoms with van der Waals surface area (Å²) in [6, 6.07) is 10.2. The fraction of sp³-hybridized carbons (Fsp3) is 0.353. The van der Waals surface area contributed by atoms with Crippen LogP contribution in [0.1, 0.15) is 33.1 Å². The van der Waals surface area contributed by atoms with Crippen LogP contribution in [0.4, 0.5) is 0 Å². The number of imidazole rings is 1. The predicted molar refractivity (Wildman–Crippen MR) is 86.3 cm³/mol. The van der Waals surface area contributed by atoms with Gasteiger partial charge in [-0.2, -0.15) is 0 Å². The summed E-state index contributed by atoms with van der Waals surface area (Å²) in [6.45, 7) is 1.90. The molecule has 0 saturated carbocycles. The minimum Gasteiger partial charge on any atom is -0.351 e. The van der Waals surface area contributed by atoms with Gasteiger partial charge in [-0.3, -0.25) is 9.59 Å². The summed E-state index contributed by atoms with van der Waals surface area (Å²) < 4.78 is 1.75. The molecule has 3 rings (SSSR count). The van der Waals surface area contributed by atoms with Gasteiger partial charge in [0, 0.05) is 32.9 Å². The highest BCUT2D eigenvalue weighted by Gasteiger charge is 2.25. The molecule has 0 fully saturated rings. The first-order valence-electron chi connectivity index (χ1n) is 7.80. The molecule has 6 heteroatoms. The Balaban J connectivity index is 1.53. The maximum absolute atomic E-state index is 12.2. The van der Waals surface area contributed by atoms with Crippen LogP contribution in [0.2, 0.25) is 0 Å². The molecule has 2 amide bonds. The molecule has 120 valence electrons. The van der Waals surface area contributed by atoms with Gasteiger partial charge < -0.3 is 14.8 Å². The number of aromatic nitrogens is 2. The van der Waals surface area contributed by atoms with Crippen LogP contribution in [-0.2, 0) is 13.0 Å². The lowest BCUT2D eigenvalue weighted by Crippen LogP contribution is -2.37. The van der Waals surface area contributed by atoms with Gasteiger partial charge in [0.25, 0.3) is 11.8 Å². The van der Waals surface area contributed by atoms with E-state index in [4.69, 9.17) is 0 Å². The zero-order valence-corrected chi connectivity index (χ0v) is 13.2. The van der Waals surface area contributed by atoms with Crippen molar-refractivity contribution in [3.05, 3.63) is 53.6 Å². The maximum Gasteiger partial charge on any atom is 0.289 e. The Bertz CT molecular complexity index is 709. The molecule has 0 radical (unpaired) electrons. The molecule has 0 spiro atoms. The number of rotatable bonds is 5. The molecule has 2 aromatic rings. The van der Waals surface area contributed by atoms with E-state index in [-0.39, 0.29) is 11.8 Å². The van der Waals surface area contributed by atoms with Crippen LogP contribution in [-0.4, -0.2) is 46.4 Å². The second kappa shape index (κ2) is 6.64. The van der Waals surface area contributed by atoms with Crippen LogP contribution in [0.3, 0.4) is 0 Å². The Kier molecular flexibility index (Phi) is 4.41. The second-order valence-electron chi connectivity index (χ2n) is 5.71. The van der Waals surface area contributed by atoms with Crippen molar-refractivity contribution in [3.8, 4) is 0 Å². The molecule has 1 aliphatic heterocycles. The number of hydrogen-bond donors (Lipinski definition) is 1. The van der Waals surface area contributed by atoms with Crippen molar-refractivity contribution in [2.45, 2.75) is 19.4 Å². The van der Waals surface area contributed by atoms with E-state index in [0.29, 0.717) is 31.2 Å². The van der Waals surface area contributed by atoms with Gasteiger partial charge in [0.1, 0.15) is 5.69 Å². The number of carbonyl (C=O) groups is 2. The van der Waals surface area contributed by atoms with E-state index in [2.05, 4.69) is 22.4 Å². The minimum atomic E-state index is -0.226. The number of benzene rings is 1. The zero-order chi connectivity index (χ0) is 16.2. The summed E-state index contributed by atoms with van der Waals surface area (Å²) in [5.74, 6) is -0.0250. The van der Waals surface area contributed by atoms with Crippen LogP contribution in [0.5, 0.6) is 0 Å². The summed E-state index contributed by atoms with van der Waals surface area (Å²) in [5.41, 5.74) is 1.57. The first kappa shape index (κ1) is 15.3. The quantitative estimate of drug-likeness (QED) is 0.847. The molecule has 0 atom stereocenters. The van der Waals surface area contributed by atoms with Gasteiger partial charge in [0.2, 0.25) is 0 Å². The van der Waals surface area contributed by atoms with E-state index in [0.717, 1.165) is 12.8 Å². The molecule has 0 unspecified atom stereocenters. The third kappa shape index (κ3) is 3.41. The Morgan fingerprint density at radius 2 is 2.04 bits per heavy atom. The van der Waals surface area contributed by atoms with E-state index >= 15 is 0 Å². The number of amides is 2. The molecular weight excluding hydrogens is 292 g/mol. The molecule has 23 heavy (non-hydrogen) atoms. The molecule has 1 aromatic heterocycles. The van der Waals surface area contributed by atoms with Crippen molar-refractivity contribution >= 4 is 11.8 Å². The van der Waals surface area contributed by atoms with Gasteiger partial charge in [-0.1, -0.05) is 30.3 Å². The maximum atomic E-state index is 12.2. The Morgan fingerprint density at radius 3 is 2.83 bits per heavy atom. The van der Waals surface area contributed by atoms with Crippen molar-refractivity contribution < 1.29 is 9.59 Å². The summed E-state index contributed by atoms with van der Waals surface area (Å²) in [6.07, 6.45) is 3.45. The van der Waals surface area contributed by atoms with E-state index < -0.39 is 0 Å². The highest BCUT2D eigenvalue weighted by atomic mass is 16.2. The summed E-state index contributed by atoms with van der Waals surface area (Å²) >= 11 is 0.